The Morgan fingerprint density at radius 1 is 1.25 bits per heavy atom. The fourth-order valence-electron chi connectivity index (χ4n) is 2.33. The van der Waals surface area contributed by atoms with E-state index < -0.39 is 10.0 Å². The van der Waals surface area contributed by atoms with E-state index in [-0.39, 0.29) is 16.4 Å². The van der Waals surface area contributed by atoms with Gasteiger partial charge in [0, 0.05) is 10.4 Å². The Balaban J connectivity index is 2.39. The summed E-state index contributed by atoms with van der Waals surface area (Å²) >= 11 is 1.41. The maximum absolute atomic E-state index is 12.5. The van der Waals surface area contributed by atoms with Crippen molar-refractivity contribution in [3.63, 3.8) is 0 Å². The first kappa shape index (κ1) is 18.6. The minimum absolute atomic E-state index is 0.111. The number of hydrogen-bond donors (Lipinski definition) is 2. The Labute approximate surface area is 146 Å². The fourth-order valence-corrected chi connectivity index (χ4v) is 4.29. The number of anilines is 1. The molecule has 2 N–H and O–H groups in total. The summed E-state index contributed by atoms with van der Waals surface area (Å²) in [4.78, 5) is 18.0. The summed E-state index contributed by atoms with van der Waals surface area (Å²) in [5.74, 6) is -0.373. The number of hydrogen-bond acceptors (Lipinski definition) is 5. The van der Waals surface area contributed by atoms with Crippen LogP contribution in [0.4, 0.5) is 5.13 Å². The first-order chi connectivity index (χ1) is 11.2. The summed E-state index contributed by atoms with van der Waals surface area (Å²) in [6, 6.07) is 3.07. The number of rotatable bonds is 5. The Kier molecular flexibility index (Phi) is 5.42. The van der Waals surface area contributed by atoms with Gasteiger partial charge in [-0.15, -0.1) is 11.3 Å². The topological polar surface area (TPSA) is 88.2 Å². The SMILES string of the molecule is CCc1nc(NC(=O)c2cc(C)c(C)c(S(=O)(=O)NC)c2)sc1C. The van der Waals surface area contributed by atoms with E-state index in [4.69, 9.17) is 0 Å². The summed E-state index contributed by atoms with van der Waals surface area (Å²) in [6.45, 7) is 7.47. The lowest BCUT2D eigenvalue weighted by atomic mass is 10.1. The second-order valence-electron chi connectivity index (χ2n) is 5.45. The van der Waals surface area contributed by atoms with Gasteiger partial charge < -0.3 is 0 Å². The van der Waals surface area contributed by atoms with Crippen LogP contribution in [0.25, 0.3) is 0 Å². The number of sulfonamides is 1. The van der Waals surface area contributed by atoms with Gasteiger partial charge in [-0.05, 0) is 57.5 Å². The van der Waals surface area contributed by atoms with Gasteiger partial charge in [0.25, 0.3) is 5.91 Å². The molecule has 0 aliphatic carbocycles. The third-order valence-electron chi connectivity index (χ3n) is 3.89. The Bertz CT molecular complexity index is 886. The number of benzene rings is 1. The lowest BCUT2D eigenvalue weighted by Crippen LogP contribution is -2.21. The van der Waals surface area contributed by atoms with Crippen molar-refractivity contribution in [1.29, 1.82) is 0 Å². The van der Waals surface area contributed by atoms with Gasteiger partial charge in [0.05, 0.1) is 10.6 Å². The Hall–Kier alpha value is -1.77. The van der Waals surface area contributed by atoms with Gasteiger partial charge in [0.1, 0.15) is 0 Å². The van der Waals surface area contributed by atoms with Crippen LogP contribution >= 0.6 is 11.3 Å². The number of carbonyl (C=O) groups is 1. The lowest BCUT2D eigenvalue weighted by Gasteiger charge is -2.12. The minimum Gasteiger partial charge on any atom is -0.298 e. The fraction of sp³-hybridized carbons (Fsp3) is 0.375. The van der Waals surface area contributed by atoms with Crippen LogP contribution in [-0.4, -0.2) is 26.4 Å². The van der Waals surface area contributed by atoms with Crippen LogP contribution in [0, 0.1) is 20.8 Å². The number of aryl methyl sites for hydroxylation is 3. The van der Waals surface area contributed by atoms with Gasteiger partial charge in [-0.25, -0.2) is 18.1 Å². The van der Waals surface area contributed by atoms with Gasteiger partial charge in [-0.3, -0.25) is 10.1 Å². The zero-order chi connectivity index (χ0) is 18.1. The van der Waals surface area contributed by atoms with Crippen LogP contribution in [0.2, 0.25) is 0 Å². The van der Waals surface area contributed by atoms with Gasteiger partial charge in [0.2, 0.25) is 10.0 Å². The highest BCUT2D eigenvalue weighted by Gasteiger charge is 2.20. The van der Waals surface area contributed by atoms with E-state index in [0.717, 1.165) is 22.6 Å². The van der Waals surface area contributed by atoms with Gasteiger partial charge in [0.15, 0.2) is 5.13 Å². The van der Waals surface area contributed by atoms with E-state index >= 15 is 0 Å². The molecule has 0 bridgehead atoms. The van der Waals surface area contributed by atoms with Gasteiger partial charge in [-0.2, -0.15) is 0 Å². The van der Waals surface area contributed by atoms with Crippen molar-refractivity contribution in [2.24, 2.45) is 0 Å². The van der Waals surface area contributed by atoms with Crippen LogP contribution in [0.5, 0.6) is 0 Å². The number of carbonyl (C=O) groups excluding carboxylic acids is 1. The summed E-state index contributed by atoms with van der Waals surface area (Å²) in [7, 11) is -2.28. The van der Waals surface area contributed by atoms with Crippen LogP contribution < -0.4 is 10.0 Å². The molecule has 1 heterocycles. The summed E-state index contributed by atoms with van der Waals surface area (Å²) in [6.07, 6.45) is 0.798. The van der Waals surface area contributed by atoms with Crippen molar-refractivity contribution < 1.29 is 13.2 Å². The molecule has 2 rings (SSSR count). The smallest absolute Gasteiger partial charge is 0.257 e. The maximum atomic E-state index is 12.5. The molecular weight excluding hydrogens is 346 g/mol. The molecule has 0 spiro atoms. The van der Waals surface area contributed by atoms with Crippen molar-refractivity contribution in [3.05, 3.63) is 39.4 Å². The van der Waals surface area contributed by atoms with Crippen LogP contribution in [0.1, 0.15) is 39.0 Å². The minimum atomic E-state index is -3.63. The third kappa shape index (κ3) is 3.66. The Morgan fingerprint density at radius 3 is 2.46 bits per heavy atom. The average Bonchev–Trinajstić information content (AvgIpc) is 2.89. The van der Waals surface area contributed by atoms with E-state index in [1.807, 2.05) is 13.8 Å². The molecule has 0 saturated carbocycles. The lowest BCUT2D eigenvalue weighted by molar-refractivity contribution is 0.102. The van der Waals surface area contributed by atoms with E-state index in [9.17, 15) is 13.2 Å². The predicted molar refractivity (Wildman–Crippen MR) is 96.3 cm³/mol. The quantitative estimate of drug-likeness (QED) is 0.850. The molecule has 1 amide bonds. The third-order valence-corrected chi connectivity index (χ3v) is 6.36. The summed E-state index contributed by atoms with van der Waals surface area (Å²) < 4.78 is 26.6. The largest absolute Gasteiger partial charge is 0.298 e. The van der Waals surface area contributed by atoms with Gasteiger partial charge >= 0.3 is 0 Å². The van der Waals surface area contributed by atoms with Crippen molar-refractivity contribution >= 4 is 32.4 Å². The highest BCUT2D eigenvalue weighted by molar-refractivity contribution is 7.89. The van der Waals surface area contributed by atoms with Crippen molar-refractivity contribution in [2.45, 2.75) is 39.0 Å². The molecule has 0 fully saturated rings. The van der Waals surface area contributed by atoms with Crippen molar-refractivity contribution in [3.8, 4) is 0 Å². The van der Waals surface area contributed by atoms with E-state index in [1.54, 1.807) is 19.9 Å². The first-order valence-electron chi connectivity index (χ1n) is 7.52. The molecule has 1 aromatic carbocycles. The average molecular weight is 367 g/mol. The van der Waals surface area contributed by atoms with E-state index in [0.29, 0.717) is 10.7 Å². The monoisotopic (exact) mass is 367 g/mol. The molecule has 0 saturated heterocycles. The van der Waals surface area contributed by atoms with Crippen molar-refractivity contribution in [2.75, 3.05) is 12.4 Å². The molecule has 1 aromatic heterocycles. The van der Waals surface area contributed by atoms with Gasteiger partial charge in [-0.1, -0.05) is 6.92 Å². The molecule has 2 aromatic rings. The van der Waals surface area contributed by atoms with Crippen LogP contribution in [0.3, 0.4) is 0 Å². The first-order valence-corrected chi connectivity index (χ1v) is 9.82. The highest BCUT2D eigenvalue weighted by Crippen LogP contribution is 2.25. The number of nitrogens with one attached hydrogen (secondary N) is 2. The zero-order valence-electron chi connectivity index (χ0n) is 14.4. The maximum Gasteiger partial charge on any atom is 0.257 e. The molecule has 0 aliphatic heterocycles. The standard InChI is InChI=1S/C16H21N3O3S2/c1-6-13-11(4)23-16(18-13)19-15(20)12-7-9(2)10(3)14(8-12)24(21,22)17-5/h7-8,17H,6H2,1-5H3,(H,18,19,20). The number of amides is 1. The molecule has 0 unspecified atom stereocenters. The molecule has 130 valence electrons. The van der Waals surface area contributed by atoms with E-state index in [1.165, 1.54) is 24.5 Å². The summed E-state index contributed by atoms with van der Waals surface area (Å²) in [5.41, 5.74) is 2.60. The molecule has 0 atom stereocenters. The molecule has 0 aliphatic rings. The number of aromatic nitrogens is 1. The second-order valence-corrected chi connectivity index (χ2v) is 8.51. The number of thiazole rings is 1. The molecule has 6 nitrogen and oxygen atoms in total. The summed E-state index contributed by atoms with van der Waals surface area (Å²) in [5, 5.41) is 3.27. The van der Waals surface area contributed by atoms with E-state index in [2.05, 4.69) is 15.0 Å². The van der Waals surface area contributed by atoms with Crippen LogP contribution in [-0.2, 0) is 16.4 Å². The normalized spacial score (nSPS) is 11.5. The predicted octanol–water partition coefficient (Wildman–Crippen LogP) is 2.79. The zero-order valence-corrected chi connectivity index (χ0v) is 16.0. The second kappa shape index (κ2) is 7.00. The Morgan fingerprint density at radius 2 is 1.92 bits per heavy atom. The number of nitrogens with zero attached hydrogens (tertiary/aromatic N) is 1. The molecular formula is C16H21N3O3S2. The molecule has 0 radical (unpaired) electrons. The molecule has 8 heteroatoms. The molecule has 24 heavy (non-hydrogen) atoms. The van der Waals surface area contributed by atoms with Crippen LogP contribution in [0.15, 0.2) is 17.0 Å². The van der Waals surface area contributed by atoms with Crippen molar-refractivity contribution in [1.82, 2.24) is 9.71 Å². The highest BCUT2D eigenvalue weighted by atomic mass is 32.2.